The summed E-state index contributed by atoms with van der Waals surface area (Å²) in [6.45, 7) is 2.75. The fraction of sp³-hybridized carbons (Fsp3) is 0.556. The van der Waals surface area contributed by atoms with Crippen molar-refractivity contribution < 1.29 is 4.79 Å². The first-order valence-electron chi connectivity index (χ1n) is 4.95. The van der Waals surface area contributed by atoms with Crippen molar-refractivity contribution in [3.8, 4) is 0 Å². The quantitative estimate of drug-likeness (QED) is 0.788. The van der Waals surface area contributed by atoms with Crippen LogP contribution in [0.1, 0.15) is 6.92 Å². The smallest absolute Gasteiger partial charge is 0.243 e. The van der Waals surface area contributed by atoms with E-state index in [2.05, 4.69) is 15.7 Å². The molecule has 1 aliphatic heterocycles. The van der Waals surface area contributed by atoms with Crippen LogP contribution < -0.4 is 10.6 Å². The molecule has 15 heavy (non-hydrogen) atoms. The van der Waals surface area contributed by atoms with Crippen LogP contribution in [0.5, 0.6) is 0 Å². The van der Waals surface area contributed by atoms with Crippen molar-refractivity contribution in [3.05, 3.63) is 12.3 Å². The third-order valence-corrected chi connectivity index (χ3v) is 3.24. The van der Waals surface area contributed by atoms with E-state index in [1.54, 1.807) is 22.6 Å². The number of amides is 1. The molecule has 0 aliphatic carbocycles. The van der Waals surface area contributed by atoms with Crippen LogP contribution in [0.3, 0.4) is 0 Å². The molecule has 1 aliphatic rings. The van der Waals surface area contributed by atoms with Crippen LogP contribution in [0.4, 0.5) is 5.82 Å². The highest BCUT2D eigenvalue weighted by Gasteiger charge is 2.22. The molecular weight excluding hydrogens is 212 g/mol. The van der Waals surface area contributed by atoms with Crippen molar-refractivity contribution in [3.63, 3.8) is 0 Å². The van der Waals surface area contributed by atoms with Gasteiger partial charge >= 0.3 is 0 Å². The summed E-state index contributed by atoms with van der Waals surface area (Å²) in [7, 11) is 0. The molecule has 1 aromatic rings. The lowest BCUT2D eigenvalue weighted by molar-refractivity contribution is -0.117. The molecule has 0 spiro atoms. The lowest BCUT2D eigenvalue weighted by Crippen LogP contribution is -2.37. The maximum absolute atomic E-state index is 11.8. The molecule has 1 saturated heterocycles. The van der Waals surface area contributed by atoms with Gasteiger partial charge in [0.1, 0.15) is 5.82 Å². The minimum Gasteiger partial charge on any atom is -0.310 e. The number of carbonyl (C=O) groups excluding carboxylic acids is 1. The van der Waals surface area contributed by atoms with Crippen LogP contribution in [-0.4, -0.2) is 33.4 Å². The van der Waals surface area contributed by atoms with Crippen molar-refractivity contribution >= 4 is 23.5 Å². The Bertz CT molecular complexity index is 346. The number of hydrogen-bond acceptors (Lipinski definition) is 4. The zero-order valence-corrected chi connectivity index (χ0v) is 9.38. The van der Waals surface area contributed by atoms with Gasteiger partial charge in [-0.3, -0.25) is 10.1 Å². The first kappa shape index (κ1) is 10.5. The number of aryl methyl sites for hydroxylation is 1. The van der Waals surface area contributed by atoms with Crippen LogP contribution in [-0.2, 0) is 11.3 Å². The van der Waals surface area contributed by atoms with Crippen LogP contribution in [0.15, 0.2) is 12.3 Å². The fourth-order valence-corrected chi connectivity index (χ4v) is 2.41. The summed E-state index contributed by atoms with van der Waals surface area (Å²) in [5.41, 5.74) is 0. The molecule has 2 heterocycles. The maximum atomic E-state index is 11.8. The molecule has 1 amide bonds. The van der Waals surface area contributed by atoms with Gasteiger partial charge in [0.05, 0.1) is 12.2 Å². The lowest BCUT2D eigenvalue weighted by Gasteiger charge is -2.11. The van der Waals surface area contributed by atoms with Gasteiger partial charge in [-0.2, -0.15) is 5.10 Å². The number of thioether (sulfide) groups is 1. The molecule has 2 N–H and O–H groups in total. The van der Waals surface area contributed by atoms with E-state index in [9.17, 15) is 4.79 Å². The predicted octanol–water partition coefficient (Wildman–Crippen LogP) is 0.504. The van der Waals surface area contributed by atoms with Crippen molar-refractivity contribution in [2.24, 2.45) is 0 Å². The Morgan fingerprint density at radius 1 is 1.87 bits per heavy atom. The highest BCUT2D eigenvalue weighted by atomic mass is 32.2. The van der Waals surface area contributed by atoms with Crippen molar-refractivity contribution in [1.29, 1.82) is 0 Å². The molecule has 0 radical (unpaired) electrons. The van der Waals surface area contributed by atoms with Crippen LogP contribution in [0, 0.1) is 0 Å². The number of nitrogens with zero attached hydrogens (tertiary/aromatic N) is 2. The van der Waals surface area contributed by atoms with Gasteiger partial charge in [-0.25, -0.2) is 4.68 Å². The topological polar surface area (TPSA) is 59.0 Å². The molecule has 1 unspecified atom stereocenters. The first-order chi connectivity index (χ1) is 7.31. The van der Waals surface area contributed by atoms with Gasteiger partial charge in [0.15, 0.2) is 0 Å². The maximum Gasteiger partial charge on any atom is 0.243 e. The zero-order chi connectivity index (χ0) is 10.7. The summed E-state index contributed by atoms with van der Waals surface area (Å²) >= 11 is 1.74. The molecule has 0 aromatic carbocycles. The molecule has 1 aromatic heterocycles. The molecule has 0 bridgehead atoms. The largest absolute Gasteiger partial charge is 0.310 e. The number of aromatic nitrogens is 2. The molecule has 6 heteroatoms. The molecule has 82 valence electrons. The Morgan fingerprint density at radius 3 is 3.40 bits per heavy atom. The van der Waals surface area contributed by atoms with E-state index >= 15 is 0 Å². The summed E-state index contributed by atoms with van der Waals surface area (Å²) in [5, 5.41) is 10.1. The van der Waals surface area contributed by atoms with Gasteiger partial charge in [-0.15, -0.1) is 11.8 Å². The second-order valence-electron chi connectivity index (χ2n) is 3.29. The van der Waals surface area contributed by atoms with E-state index in [1.807, 2.05) is 13.0 Å². The Balaban J connectivity index is 1.98. The highest BCUT2D eigenvalue weighted by molar-refractivity contribution is 7.99. The highest BCUT2D eigenvalue weighted by Crippen LogP contribution is 2.12. The number of nitrogens with one attached hydrogen (secondary N) is 2. The van der Waals surface area contributed by atoms with Crippen LogP contribution >= 0.6 is 11.8 Å². The first-order valence-corrected chi connectivity index (χ1v) is 6.10. The zero-order valence-electron chi connectivity index (χ0n) is 8.56. The number of hydrogen-bond donors (Lipinski definition) is 2. The van der Waals surface area contributed by atoms with Gasteiger partial charge in [0.25, 0.3) is 0 Å². The van der Waals surface area contributed by atoms with Crippen molar-refractivity contribution in [2.45, 2.75) is 19.5 Å². The Morgan fingerprint density at radius 2 is 2.73 bits per heavy atom. The number of anilines is 1. The van der Waals surface area contributed by atoms with Gasteiger partial charge in [0.2, 0.25) is 5.91 Å². The molecule has 0 saturated carbocycles. The molecule has 2 rings (SSSR count). The average Bonchev–Trinajstić information content (AvgIpc) is 2.87. The second kappa shape index (κ2) is 4.67. The van der Waals surface area contributed by atoms with E-state index in [0.717, 1.165) is 24.0 Å². The summed E-state index contributed by atoms with van der Waals surface area (Å²) in [5.74, 6) is 2.48. The van der Waals surface area contributed by atoms with E-state index in [-0.39, 0.29) is 11.9 Å². The third kappa shape index (κ3) is 2.32. The average molecular weight is 226 g/mol. The summed E-state index contributed by atoms with van der Waals surface area (Å²) in [4.78, 5) is 11.8. The van der Waals surface area contributed by atoms with Crippen molar-refractivity contribution in [2.75, 3.05) is 16.9 Å². The Kier molecular flexibility index (Phi) is 3.27. The van der Waals surface area contributed by atoms with Crippen LogP contribution in [0.2, 0.25) is 0 Å². The minimum atomic E-state index is -0.0739. The summed E-state index contributed by atoms with van der Waals surface area (Å²) in [6.07, 6.45) is 1.69. The van der Waals surface area contributed by atoms with E-state index in [4.69, 9.17) is 0 Å². The number of rotatable bonds is 3. The van der Waals surface area contributed by atoms with Gasteiger partial charge in [0, 0.05) is 24.2 Å². The van der Waals surface area contributed by atoms with E-state index < -0.39 is 0 Å². The molecule has 1 fully saturated rings. The molecule has 5 nitrogen and oxygen atoms in total. The van der Waals surface area contributed by atoms with Gasteiger partial charge < -0.3 is 5.32 Å². The standard InChI is InChI=1S/C9H14N4OS/c1-2-13-8(3-4-11-13)12-9(14)7-5-15-6-10-7/h3-4,7,10H,2,5-6H2,1H3,(H,12,14). The lowest BCUT2D eigenvalue weighted by atomic mass is 10.3. The SMILES string of the molecule is CCn1nccc1NC(=O)C1CSCN1. The predicted molar refractivity (Wildman–Crippen MR) is 60.8 cm³/mol. The Labute approximate surface area is 92.6 Å². The normalized spacial score (nSPS) is 20.5. The number of carbonyl (C=O) groups is 1. The van der Waals surface area contributed by atoms with E-state index in [0.29, 0.717) is 0 Å². The molecule has 1 atom stereocenters. The van der Waals surface area contributed by atoms with Gasteiger partial charge in [-0.1, -0.05) is 0 Å². The Hall–Kier alpha value is -1.01. The third-order valence-electron chi connectivity index (χ3n) is 2.30. The monoisotopic (exact) mass is 226 g/mol. The van der Waals surface area contributed by atoms with Crippen molar-refractivity contribution in [1.82, 2.24) is 15.1 Å². The molecular formula is C9H14N4OS. The summed E-state index contributed by atoms with van der Waals surface area (Å²) in [6, 6.07) is 1.74. The van der Waals surface area contributed by atoms with E-state index in [1.165, 1.54) is 0 Å². The van der Waals surface area contributed by atoms with Gasteiger partial charge in [-0.05, 0) is 6.92 Å². The fourth-order valence-electron chi connectivity index (χ4n) is 1.47. The van der Waals surface area contributed by atoms with Crippen LogP contribution in [0.25, 0.3) is 0 Å². The summed E-state index contributed by atoms with van der Waals surface area (Å²) < 4.78 is 1.76. The second-order valence-corrected chi connectivity index (χ2v) is 4.32. The minimum absolute atomic E-state index is 0.0233.